The molecule has 2 aromatic heterocycles. The summed E-state index contributed by atoms with van der Waals surface area (Å²) in [5.74, 6) is -2.64. The van der Waals surface area contributed by atoms with Gasteiger partial charge in [0, 0.05) is 12.5 Å². The molecule has 0 saturated carbocycles. The van der Waals surface area contributed by atoms with Gasteiger partial charge in [-0.1, -0.05) is 6.07 Å². The van der Waals surface area contributed by atoms with Gasteiger partial charge in [0.1, 0.15) is 34.5 Å². The van der Waals surface area contributed by atoms with Crippen molar-refractivity contribution in [2.75, 3.05) is 7.11 Å². The van der Waals surface area contributed by atoms with Gasteiger partial charge < -0.3 is 15.0 Å². The van der Waals surface area contributed by atoms with Crippen LogP contribution in [0.4, 0.5) is 13.2 Å². The number of hydrogen-bond acceptors (Lipinski definition) is 5. The zero-order valence-corrected chi connectivity index (χ0v) is 18.4. The van der Waals surface area contributed by atoms with Crippen LogP contribution in [-0.2, 0) is 4.79 Å². The van der Waals surface area contributed by atoms with Gasteiger partial charge in [0.15, 0.2) is 0 Å². The van der Waals surface area contributed by atoms with E-state index in [4.69, 9.17) is 4.74 Å². The second-order valence-corrected chi connectivity index (χ2v) is 8.18. The Morgan fingerprint density at radius 2 is 2.00 bits per heavy atom. The molecular weight excluding hydrogens is 441 g/mol. The fourth-order valence-corrected chi connectivity index (χ4v) is 3.58. The van der Waals surface area contributed by atoms with Gasteiger partial charge in [0.2, 0.25) is 5.91 Å². The molecule has 0 radical (unpaired) electrons. The van der Waals surface area contributed by atoms with Crippen molar-refractivity contribution in [1.29, 1.82) is 0 Å². The van der Waals surface area contributed by atoms with Crippen molar-refractivity contribution in [2.24, 2.45) is 0 Å². The molecule has 0 aliphatic rings. The lowest BCUT2D eigenvalue weighted by atomic mass is 9.99. The number of alkyl halides is 1. The van der Waals surface area contributed by atoms with E-state index in [0.717, 1.165) is 6.20 Å². The number of pyridine rings is 1. The average Bonchev–Trinajstić information content (AvgIpc) is 2.71. The molecule has 2 N–H and O–H groups in total. The Morgan fingerprint density at radius 3 is 2.61 bits per heavy atom. The van der Waals surface area contributed by atoms with E-state index in [1.807, 2.05) is 0 Å². The van der Waals surface area contributed by atoms with Gasteiger partial charge in [0.05, 0.1) is 30.6 Å². The molecular formula is C22H23F3N4O4. The van der Waals surface area contributed by atoms with Crippen LogP contribution < -0.4 is 21.3 Å². The fourth-order valence-electron chi connectivity index (χ4n) is 3.58. The number of carbonyl (C=O) groups excluding carboxylic acids is 1. The Morgan fingerprint density at radius 1 is 1.30 bits per heavy atom. The number of H-pyrrole nitrogens is 1. The quantitative estimate of drug-likeness (QED) is 0.559. The number of nitrogens with one attached hydrogen (secondary N) is 2. The van der Waals surface area contributed by atoms with Crippen LogP contribution in [0, 0.1) is 11.6 Å². The molecule has 33 heavy (non-hydrogen) atoms. The highest BCUT2D eigenvalue weighted by Gasteiger charge is 2.33. The first kappa shape index (κ1) is 24.0. The molecule has 1 aromatic carbocycles. The highest BCUT2D eigenvalue weighted by molar-refractivity contribution is 5.85. The first-order chi connectivity index (χ1) is 15.4. The number of aromatic amines is 1. The monoisotopic (exact) mass is 464 g/mol. The van der Waals surface area contributed by atoms with E-state index >= 15 is 0 Å². The number of aromatic nitrogens is 3. The molecule has 2 heterocycles. The van der Waals surface area contributed by atoms with E-state index < -0.39 is 53.0 Å². The molecule has 3 aromatic rings. The normalized spacial score (nSPS) is 13.5. The highest BCUT2D eigenvalue weighted by atomic mass is 19.1. The number of amides is 1. The highest BCUT2D eigenvalue weighted by Crippen LogP contribution is 2.26. The maximum absolute atomic E-state index is 14.6. The van der Waals surface area contributed by atoms with E-state index in [0.29, 0.717) is 10.6 Å². The number of benzene rings is 1. The van der Waals surface area contributed by atoms with Gasteiger partial charge in [0.25, 0.3) is 5.56 Å². The van der Waals surface area contributed by atoms with Crippen molar-refractivity contribution < 1.29 is 22.7 Å². The van der Waals surface area contributed by atoms with E-state index in [1.54, 1.807) is 6.07 Å². The number of rotatable bonds is 7. The standard InChI is InChI=1S/C22H23F3N4O4/c1-11(18-13(24)8-12(23)10-26-18)27-19(30)15(9-22(2,3)25)29-20(31)17-14(28-21(29)32)6-5-7-16(17)33-4/h5-8,10-11,15H,9H2,1-4H3,(H,27,30)(H,28,32)/t11-,15-/m0/s1. The van der Waals surface area contributed by atoms with E-state index in [-0.39, 0.29) is 22.3 Å². The Balaban J connectivity index is 2.10. The van der Waals surface area contributed by atoms with Crippen LogP contribution in [0.3, 0.4) is 0 Å². The molecule has 0 spiro atoms. The van der Waals surface area contributed by atoms with Gasteiger partial charge in [-0.25, -0.2) is 22.5 Å². The van der Waals surface area contributed by atoms with Crippen molar-refractivity contribution in [2.45, 2.75) is 44.9 Å². The molecule has 8 nitrogen and oxygen atoms in total. The molecule has 3 rings (SSSR count). The van der Waals surface area contributed by atoms with Crippen molar-refractivity contribution in [3.8, 4) is 5.75 Å². The summed E-state index contributed by atoms with van der Waals surface area (Å²) in [4.78, 5) is 45.3. The predicted octanol–water partition coefficient (Wildman–Crippen LogP) is 2.93. The maximum atomic E-state index is 14.6. The second-order valence-electron chi connectivity index (χ2n) is 8.18. The van der Waals surface area contributed by atoms with Gasteiger partial charge in [-0.3, -0.25) is 14.6 Å². The number of halogens is 3. The lowest BCUT2D eigenvalue weighted by Crippen LogP contribution is -2.47. The lowest BCUT2D eigenvalue weighted by molar-refractivity contribution is -0.126. The summed E-state index contributed by atoms with van der Waals surface area (Å²) in [6, 6.07) is 2.53. The van der Waals surface area contributed by atoms with Crippen molar-refractivity contribution in [1.82, 2.24) is 19.9 Å². The number of hydrogen-bond donors (Lipinski definition) is 2. The van der Waals surface area contributed by atoms with E-state index in [2.05, 4.69) is 15.3 Å². The van der Waals surface area contributed by atoms with Crippen LogP contribution >= 0.6 is 0 Å². The average molecular weight is 464 g/mol. The van der Waals surface area contributed by atoms with Crippen LogP contribution in [0.5, 0.6) is 5.75 Å². The third-order valence-corrected chi connectivity index (χ3v) is 5.04. The topological polar surface area (TPSA) is 106 Å². The lowest BCUT2D eigenvalue weighted by Gasteiger charge is -2.25. The molecule has 0 aliphatic heterocycles. The van der Waals surface area contributed by atoms with Gasteiger partial charge in [-0.05, 0) is 32.9 Å². The molecule has 0 bridgehead atoms. The second kappa shape index (κ2) is 9.08. The summed E-state index contributed by atoms with van der Waals surface area (Å²) in [6.45, 7) is 3.77. The first-order valence-corrected chi connectivity index (χ1v) is 10.0. The summed E-state index contributed by atoms with van der Waals surface area (Å²) in [5.41, 5.74) is -3.81. The Hall–Kier alpha value is -3.63. The molecule has 2 atom stereocenters. The fraction of sp³-hybridized carbons (Fsp3) is 0.364. The summed E-state index contributed by atoms with van der Waals surface area (Å²) < 4.78 is 47.7. The summed E-state index contributed by atoms with van der Waals surface area (Å²) in [6.07, 6.45) is 0.253. The smallest absolute Gasteiger partial charge is 0.329 e. The Bertz CT molecular complexity index is 1310. The summed E-state index contributed by atoms with van der Waals surface area (Å²) >= 11 is 0. The van der Waals surface area contributed by atoms with Crippen molar-refractivity contribution in [3.63, 3.8) is 0 Å². The summed E-state index contributed by atoms with van der Waals surface area (Å²) in [7, 11) is 1.34. The Kier molecular flexibility index (Phi) is 6.61. The number of fused-ring (bicyclic) bond motifs is 1. The van der Waals surface area contributed by atoms with Gasteiger partial charge in [-0.15, -0.1) is 0 Å². The number of ether oxygens (including phenoxy) is 1. The third-order valence-electron chi connectivity index (χ3n) is 5.04. The molecule has 0 unspecified atom stereocenters. The van der Waals surface area contributed by atoms with Crippen LogP contribution in [0.15, 0.2) is 40.1 Å². The molecule has 0 saturated heterocycles. The predicted molar refractivity (Wildman–Crippen MR) is 115 cm³/mol. The molecule has 11 heteroatoms. The molecule has 176 valence electrons. The first-order valence-electron chi connectivity index (χ1n) is 10.0. The molecule has 1 amide bonds. The van der Waals surface area contributed by atoms with Crippen molar-refractivity contribution >= 4 is 16.8 Å². The number of carbonyl (C=O) groups is 1. The van der Waals surface area contributed by atoms with Crippen LogP contribution in [-0.4, -0.2) is 33.2 Å². The Labute approximate surface area is 186 Å². The largest absolute Gasteiger partial charge is 0.496 e. The molecule has 0 fully saturated rings. The SMILES string of the molecule is COc1cccc2[nH]c(=O)n([C@@H](CC(C)(C)F)C(=O)N[C@@H](C)c3ncc(F)cc3F)c(=O)c12. The zero-order valence-electron chi connectivity index (χ0n) is 18.4. The van der Waals surface area contributed by atoms with Crippen LogP contribution in [0.2, 0.25) is 0 Å². The van der Waals surface area contributed by atoms with Gasteiger partial charge >= 0.3 is 5.69 Å². The van der Waals surface area contributed by atoms with Crippen molar-refractivity contribution in [3.05, 3.63) is 68.6 Å². The van der Waals surface area contributed by atoms with E-state index in [9.17, 15) is 27.6 Å². The zero-order chi connectivity index (χ0) is 24.5. The number of methoxy groups -OCH3 is 1. The van der Waals surface area contributed by atoms with Crippen LogP contribution in [0.1, 0.15) is 45.0 Å². The van der Waals surface area contributed by atoms with Gasteiger partial charge in [-0.2, -0.15) is 0 Å². The minimum Gasteiger partial charge on any atom is -0.496 e. The maximum Gasteiger partial charge on any atom is 0.329 e. The molecule has 0 aliphatic carbocycles. The third kappa shape index (κ3) is 5.07. The van der Waals surface area contributed by atoms with E-state index in [1.165, 1.54) is 40.0 Å². The summed E-state index contributed by atoms with van der Waals surface area (Å²) in [5, 5.41) is 2.44. The van der Waals surface area contributed by atoms with Crippen LogP contribution in [0.25, 0.3) is 10.9 Å². The minimum atomic E-state index is -1.95. The number of nitrogens with zero attached hydrogens (tertiary/aromatic N) is 2. The minimum absolute atomic E-state index is 0.00774.